The van der Waals surface area contributed by atoms with Crippen LogP contribution in [0, 0.1) is 13.8 Å². The summed E-state index contributed by atoms with van der Waals surface area (Å²) in [6, 6.07) is 0. The number of fused-ring (bicyclic) bond motifs is 1. The third-order valence-corrected chi connectivity index (χ3v) is 6.66. The molecule has 7 heteroatoms. The second-order valence-corrected chi connectivity index (χ2v) is 8.44. The number of rotatable bonds is 5. The Labute approximate surface area is 155 Å². The van der Waals surface area contributed by atoms with Crippen LogP contribution >= 0.6 is 23.1 Å². The maximum Gasteiger partial charge on any atom is 0.263 e. The van der Waals surface area contributed by atoms with Gasteiger partial charge in [-0.1, -0.05) is 17.8 Å². The minimum Gasteiger partial charge on any atom is -0.342 e. The van der Waals surface area contributed by atoms with E-state index in [0.717, 1.165) is 41.2 Å². The van der Waals surface area contributed by atoms with Gasteiger partial charge in [0.25, 0.3) is 5.56 Å². The molecule has 1 aliphatic rings. The first kappa shape index (κ1) is 18.2. The van der Waals surface area contributed by atoms with E-state index in [1.54, 1.807) is 10.6 Å². The van der Waals surface area contributed by atoms with Crippen LogP contribution in [-0.2, 0) is 11.3 Å². The number of allylic oxidation sites excluding steroid dienone is 1. The Hall–Kier alpha value is -1.60. The summed E-state index contributed by atoms with van der Waals surface area (Å²) in [7, 11) is 0. The highest BCUT2D eigenvalue weighted by Crippen LogP contribution is 2.28. The van der Waals surface area contributed by atoms with Crippen LogP contribution in [0.3, 0.4) is 0 Å². The fourth-order valence-electron chi connectivity index (χ4n) is 3.07. The normalized spacial score (nSPS) is 14.9. The molecule has 0 atom stereocenters. The number of carbonyl (C=O) groups is 1. The van der Waals surface area contributed by atoms with Crippen molar-refractivity contribution in [1.82, 2.24) is 14.5 Å². The zero-order chi connectivity index (χ0) is 18.0. The molecule has 1 aliphatic heterocycles. The lowest BCUT2D eigenvalue weighted by Gasteiger charge is -2.26. The molecule has 0 aliphatic carbocycles. The van der Waals surface area contributed by atoms with Crippen LogP contribution in [0.5, 0.6) is 0 Å². The molecule has 0 unspecified atom stereocenters. The Balaban J connectivity index is 1.89. The SMILES string of the molecule is C=CCn1c(SCC(=O)N2CCCCC2)nc2sc(C)c(C)c2c1=O. The van der Waals surface area contributed by atoms with E-state index in [1.807, 2.05) is 18.7 Å². The molecule has 2 aromatic rings. The zero-order valence-electron chi connectivity index (χ0n) is 14.7. The van der Waals surface area contributed by atoms with Gasteiger partial charge in [-0.15, -0.1) is 17.9 Å². The monoisotopic (exact) mass is 377 g/mol. The van der Waals surface area contributed by atoms with E-state index in [4.69, 9.17) is 0 Å². The Morgan fingerprint density at radius 1 is 1.32 bits per heavy atom. The number of nitrogens with zero attached hydrogens (tertiary/aromatic N) is 3. The lowest BCUT2D eigenvalue weighted by Crippen LogP contribution is -2.37. The Morgan fingerprint density at radius 2 is 2.04 bits per heavy atom. The van der Waals surface area contributed by atoms with Crippen LogP contribution in [-0.4, -0.2) is 39.2 Å². The lowest BCUT2D eigenvalue weighted by atomic mass is 10.1. The minimum atomic E-state index is -0.0420. The average Bonchev–Trinajstić information content (AvgIpc) is 2.90. The molecule has 134 valence electrons. The molecule has 1 fully saturated rings. The average molecular weight is 378 g/mol. The number of likely N-dealkylation sites (tertiary alicyclic amines) is 1. The maximum absolute atomic E-state index is 12.9. The smallest absolute Gasteiger partial charge is 0.263 e. The first-order valence-corrected chi connectivity index (χ1v) is 10.3. The molecule has 0 radical (unpaired) electrons. The molecule has 1 saturated heterocycles. The fourth-order valence-corrected chi connectivity index (χ4v) is 5.05. The van der Waals surface area contributed by atoms with Crippen molar-refractivity contribution >= 4 is 39.2 Å². The predicted octanol–water partition coefficient (Wildman–Crippen LogP) is 3.37. The largest absolute Gasteiger partial charge is 0.342 e. The Bertz CT molecular complexity index is 863. The van der Waals surface area contributed by atoms with Crippen LogP contribution in [0.15, 0.2) is 22.6 Å². The zero-order valence-corrected chi connectivity index (χ0v) is 16.3. The second-order valence-electron chi connectivity index (χ2n) is 6.29. The molecule has 0 N–H and O–H groups in total. The number of thiophene rings is 1. The summed E-state index contributed by atoms with van der Waals surface area (Å²) in [6.45, 7) is 9.79. The standard InChI is InChI=1S/C18H23N3O2S2/c1-4-8-21-17(23)15-12(2)13(3)25-16(15)19-18(21)24-11-14(22)20-9-6-5-7-10-20/h4H,1,5-11H2,2-3H3. The molecule has 3 rings (SSSR count). The van der Waals surface area contributed by atoms with E-state index < -0.39 is 0 Å². The van der Waals surface area contributed by atoms with E-state index in [2.05, 4.69) is 11.6 Å². The lowest BCUT2D eigenvalue weighted by molar-refractivity contribution is -0.129. The van der Waals surface area contributed by atoms with Gasteiger partial charge >= 0.3 is 0 Å². The molecule has 0 aromatic carbocycles. The van der Waals surface area contributed by atoms with Crippen molar-refractivity contribution in [2.45, 2.75) is 44.8 Å². The molecule has 0 saturated carbocycles. The summed E-state index contributed by atoms with van der Waals surface area (Å²) in [4.78, 5) is 33.8. The first-order valence-electron chi connectivity index (χ1n) is 8.55. The van der Waals surface area contributed by atoms with Crippen molar-refractivity contribution in [3.8, 4) is 0 Å². The highest BCUT2D eigenvalue weighted by Gasteiger charge is 2.20. The van der Waals surface area contributed by atoms with Crippen LogP contribution in [0.2, 0.25) is 0 Å². The number of hydrogen-bond donors (Lipinski definition) is 0. The second kappa shape index (κ2) is 7.74. The number of amides is 1. The quantitative estimate of drug-likeness (QED) is 0.455. The van der Waals surface area contributed by atoms with E-state index in [0.29, 0.717) is 22.8 Å². The first-order chi connectivity index (χ1) is 12.0. The van der Waals surface area contributed by atoms with Gasteiger partial charge in [0.1, 0.15) is 4.83 Å². The molecule has 3 heterocycles. The van der Waals surface area contributed by atoms with E-state index in [1.165, 1.54) is 29.5 Å². The molecular weight excluding hydrogens is 354 g/mol. The number of thioether (sulfide) groups is 1. The summed E-state index contributed by atoms with van der Waals surface area (Å²) >= 11 is 2.89. The van der Waals surface area contributed by atoms with Crippen molar-refractivity contribution < 1.29 is 4.79 Å². The van der Waals surface area contributed by atoms with Gasteiger partial charge in [0.2, 0.25) is 5.91 Å². The topological polar surface area (TPSA) is 55.2 Å². The number of aryl methyl sites for hydroxylation is 2. The highest BCUT2D eigenvalue weighted by atomic mass is 32.2. The molecule has 5 nitrogen and oxygen atoms in total. The van der Waals surface area contributed by atoms with Crippen molar-refractivity contribution in [1.29, 1.82) is 0 Å². The number of piperidine rings is 1. The third kappa shape index (κ3) is 3.67. The van der Waals surface area contributed by atoms with Gasteiger partial charge in [-0.25, -0.2) is 4.98 Å². The summed E-state index contributed by atoms with van der Waals surface area (Å²) < 4.78 is 1.63. The van der Waals surface area contributed by atoms with Crippen molar-refractivity contribution in [2.24, 2.45) is 0 Å². The maximum atomic E-state index is 12.9. The molecule has 0 spiro atoms. The van der Waals surface area contributed by atoms with Gasteiger partial charge in [0, 0.05) is 24.5 Å². The fraction of sp³-hybridized carbons (Fsp3) is 0.500. The Morgan fingerprint density at radius 3 is 2.72 bits per heavy atom. The number of aromatic nitrogens is 2. The van der Waals surface area contributed by atoms with Crippen molar-refractivity contribution in [3.63, 3.8) is 0 Å². The molecule has 2 aromatic heterocycles. The minimum absolute atomic E-state index is 0.0420. The van der Waals surface area contributed by atoms with Gasteiger partial charge < -0.3 is 4.90 Å². The summed E-state index contributed by atoms with van der Waals surface area (Å²) in [5.74, 6) is 0.445. The van der Waals surface area contributed by atoms with Crippen LogP contribution in [0.1, 0.15) is 29.7 Å². The van der Waals surface area contributed by atoms with Gasteiger partial charge in [0.05, 0.1) is 11.1 Å². The summed E-state index contributed by atoms with van der Waals surface area (Å²) in [5, 5.41) is 1.29. The van der Waals surface area contributed by atoms with Gasteiger partial charge in [-0.3, -0.25) is 14.2 Å². The number of hydrogen-bond acceptors (Lipinski definition) is 5. The molecular formula is C18H23N3O2S2. The van der Waals surface area contributed by atoms with Crippen LogP contribution in [0.4, 0.5) is 0 Å². The van der Waals surface area contributed by atoms with Crippen molar-refractivity contribution in [3.05, 3.63) is 33.4 Å². The Kier molecular flexibility index (Phi) is 5.64. The van der Waals surface area contributed by atoms with Crippen LogP contribution in [0.25, 0.3) is 10.2 Å². The highest BCUT2D eigenvalue weighted by molar-refractivity contribution is 7.99. The van der Waals surface area contributed by atoms with Crippen LogP contribution < -0.4 is 5.56 Å². The molecule has 25 heavy (non-hydrogen) atoms. The van der Waals surface area contributed by atoms with Gasteiger partial charge in [-0.2, -0.15) is 0 Å². The van der Waals surface area contributed by atoms with Gasteiger partial charge in [0.15, 0.2) is 5.16 Å². The molecule has 1 amide bonds. The van der Waals surface area contributed by atoms with E-state index in [-0.39, 0.29) is 11.5 Å². The predicted molar refractivity (Wildman–Crippen MR) is 105 cm³/mol. The third-order valence-electron chi connectivity index (χ3n) is 4.60. The summed E-state index contributed by atoms with van der Waals surface area (Å²) in [5.41, 5.74) is 0.955. The molecule has 0 bridgehead atoms. The van der Waals surface area contributed by atoms with Gasteiger partial charge in [-0.05, 0) is 38.7 Å². The van der Waals surface area contributed by atoms with Crippen molar-refractivity contribution in [2.75, 3.05) is 18.8 Å². The van der Waals surface area contributed by atoms with E-state index in [9.17, 15) is 9.59 Å². The summed E-state index contributed by atoms with van der Waals surface area (Å²) in [6.07, 6.45) is 5.05. The number of carbonyl (C=O) groups excluding carboxylic acids is 1. The van der Waals surface area contributed by atoms with E-state index >= 15 is 0 Å².